The van der Waals surface area contributed by atoms with Gasteiger partial charge in [0.2, 0.25) is 5.75 Å². The van der Waals surface area contributed by atoms with Gasteiger partial charge in [-0.15, -0.1) is 11.3 Å². The highest BCUT2D eigenvalue weighted by Gasteiger charge is 2.22. The molecule has 0 atom stereocenters. The molecule has 3 aromatic rings. The van der Waals surface area contributed by atoms with Crippen LogP contribution in [0.5, 0.6) is 17.2 Å². The number of benzene rings is 1. The maximum absolute atomic E-state index is 13.0. The maximum atomic E-state index is 13.0. The zero-order valence-corrected chi connectivity index (χ0v) is 17.5. The maximum Gasteiger partial charge on any atom is 0.257 e. The highest BCUT2D eigenvalue weighted by atomic mass is 32.1. The van der Waals surface area contributed by atoms with Gasteiger partial charge in [-0.2, -0.15) is 0 Å². The van der Waals surface area contributed by atoms with Crippen LogP contribution >= 0.6 is 11.3 Å². The molecule has 1 aliphatic carbocycles. The molecule has 0 radical (unpaired) electrons. The van der Waals surface area contributed by atoms with Gasteiger partial charge < -0.3 is 19.5 Å². The van der Waals surface area contributed by atoms with Crippen molar-refractivity contribution in [3.8, 4) is 17.2 Å². The molecule has 0 unspecified atom stereocenters. The number of nitrogens with one attached hydrogen (secondary N) is 1. The third-order valence-corrected chi connectivity index (χ3v) is 6.36. The van der Waals surface area contributed by atoms with E-state index < -0.39 is 0 Å². The Kier molecular flexibility index (Phi) is 5.53. The monoisotopic (exact) mass is 413 g/mol. The van der Waals surface area contributed by atoms with E-state index in [4.69, 9.17) is 14.2 Å². The van der Waals surface area contributed by atoms with Crippen LogP contribution in [0.4, 0.5) is 5.82 Å². The standard InChI is InChI=1S/C21H23N3O4S/c1-26-14-9-12(10-15(27-2)18(14)28-3)20(25)24-19-17-13-7-5-4-6-8-16(13)29-21(17)23-11-22-19/h9-11H,4-8H2,1-3H3,(H,22,23,24,25). The summed E-state index contributed by atoms with van der Waals surface area (Å²) < 4.78 is 16.0. The number of thiophene rings is 1. The SMILES string of the molecule is COc1cc(C(=O)Nc2ncnc3sc4c(c23)CCCCC4)cc(OC)c1OC. The number of methoxy groups -OCH3 is 3. The Bertz CT molecular complexity index is 1040. The minimum atomic E-state index is -0.294. The molecule has 1 amide bonds. The van der Waals surface area contributed by atoms with Crippen LogP contribution in [0.2, 0.25) is 0 Å². The molecule has 0 aliphatic heterocycles. The third-order valence-electron chi connectivity index (χ3n) is 5.16. The molecule has 1 N–H and O–H groups in total. The van der Waals surface area contributed by atoms with Crippen molar-refractivity contribution in [2.24, 2.45) is 0 Å². The van der Waals surface area contributed by atoms with E-state index in [1.807, 2.05) is 0 Å². The van der Waals surface area contributed by atoms with Gasteiger partial charge in [0, 0.05) is 10.4 Å². The summed E-state index contributed by atoms with van der Waals surface area (Å²) in [6.07, 6.45) is 7.13. The average Bonchev–Trinajstić information content (AvgIpc) is 2.94. The first-order chi connectivity index (χ1) is 14.2. The third kappa shape index (κ3) is 3.60. The molecule has 7 nitrogen and oxygen atoms in total. The molecule has 1 aromatic carbocycles. The largest absolute Gasteiger partial charge is 0.493 e. The van der Waals surface area contributed by atoms with Crippen LogP contribution in [0, 0.1) is 0 Å². The van der Waals surface area contributed by atoms with E-state index in [0.29, 0.717) is 28.6 Å². The number of anilines is 1. The van der Waals surface area contributed by atoms with Gasteiger partial charge in [-0.25, -0.2) is 9.97 Å². The van der Waals surface area contributed by atoms with Gasteiger partial charge in [-0.1, -0.05) is 6.42 Å². The van der Waals surface area contributed by atoms with E-state index >= 15 is 0 Å². The number of hydrogen-bond donors (Lipinski definition) is 1. The summed E-state index contributed by atoms with van der Waals surface area (Å²) in [5.41, 5.74) is 1.68. The molecular weight excluding hydrogens is 390 g/mol. The van der Waals surface area contributed by atoms with Crippen molar-refractivity contribution in [3.63, 3.8) is 0 Å². The van der Waals surface area contributed by atoms with Crippen LogP contribution in [0.1, 0.15) is 40.1 Å². The van der Waals surface area contributed by atoms with Gasteiger partial charge >= 0.3 is 0 Å². The van der Waals surface area contributed by atoms with Gasteiger partial charge in [0.15, 0.2) is 11.5 Å². The van der Waals surface area contributed by atoms with E-state index in [1.165, 1.54) is 50.9 Å². The number of carbonyl (C=O) groups is 1. The number of aryl methyl sites for hydroxylation is 2. The fourth-order valence-corrected chi connectivity index (χ4v) is 4.98. The molecule has 152 valence electrons. The first kappa shape index (κ1) is 19.4. The molecule has 2 heterocycles. The summed E-state index contributed by atoms with van der Waals surface area (Å²) >= 11 is 1.71. The van der Waals surface area contributed by atoms with Crippen molar-refractivity contribution in [1.29, 1.82) is 0 Å². The molecule has 1 aliphatic rings. The Morgan fingerprint density at radius 3 is 2.41 bits per heavy atom. The van der Waals surface area contributed by atoms with E-state index in [1.54, 1.807) is 23.5 Å². The summed E-state index contributed by atoms with van der Waals surface area (Å²) in [5.74, 6) is 1.55. The Balaban J connectivity index is 1.72. The number of fused-ring (bicyclic) bond motifs is 3. The summed E-state index contributed by atoms with van der Waals surface area (Å²) in [6, 6.07) is 3.26. The summed E-state index contributed by atoms with van der Waals surface area (Å²) in [4.78, 5) is 24.1. The summed E-state index contributed by atoms with van der Waals surface area (Å²) in [7, 11) is 4.57. The zero-order chi connectivity index (χ0) is 20.4. The molecule has 29 heavy (non-hydrogen) atoms. The normalized spacial score (nSPS) is 13.5. The van der Waals surface area contributed by atoms with Crippen LogP contribution in [0.25, 0.3) is 10.2 Å². The van der Waals surface area contributed by atoms with Crippen molar-refractivity contribution in [1.82, 2.24) is 9.97 Å². The highest BCUT2D eigenvalue weighted by Crippen LogP contribution is 2.40. The summed E-state index contributed by atoms with van der Waals surface area (Å²) in [5, 5.41) is 3.93. The minimum Gasteiger partial charge on any atom is -0.493 e. The smallest absolute Gasteiger partial charge is 0.257 e. The lowest BCUT2D eigenvalue weighted by atomic mass is 10.1. The number of carbonyl (C=O) groups excluding carboxylic acids is 1. The number of amides is 1. The van der Waals surface area contributed by atoms with Gasteiger partial charge in [0.25, 0.3) is 5.91 Å². The van der Waals surface area contributed by atoms with Gasteiger partial charge in [-0.3, -0.25) is 4.79 Å². The number of ether oxygens (including phenoxy) is 3. The first-order valence-electron chi connectivity index (χ1n) is 9.52. The number of nitrogens with zero attached hydrogens (tertiary/aromatic N) is 2. The Morgan fingerprint density at radius 2 is 1.72 bits per heavy atom. The molecule has 0 spiro atoms. The Morgan fingerprint density at radius 1 is 1.00 bits per heavy atom. The lowest BCUT2D eigenvalue weighted by Crippen LogP contribution is -2.14. The lowest BCUT2D eigenvalue weighted by Gasteiger charge is -2.14. The van der Waals surface area contributed by atoms with E-state index in [0.717, 1.165) is 29.5 Å². The predicted molar refractivity (Wildman–Crippen MR) is 113 cm³/mol. The van der Waals surface area contributed by atoms with Crippen molar-refractivity contribution in [2.45, 2.75) is 32.1 Å². The van der Waals surface area contributed by atoms with Crippen LogP contribution in [-0.2, 0) is 12.8 Å². The van der Waals surface area contributed by atoms with Crippen LogP contribution in [0.15, 0.2) is 18.5 Å². The molecule has 0 saturated heterocycles. The lowest BCUT2D eigenvalue weighted by molar-refractivity contribution is 0.102. The van der Waals surface area contributed by atoms with Crippen LogP contribution in [0.3, 0.4) is 0 Å². The Labute approximate surface area is 173 Å². The Hall–Kier alpha value is -2.87. The minimum absolute atomic E-state index is 0.294. The van der Waals surface area contributed by atoms with Crippen LogP contribution in [-0.4, -0.2) is 37.2 Å². The number of rotatable bonds is 5. The van der Waals surface area contributed by atoms with Crippen molar-refractivity contribution >= 4 is 33.3 Å². The average molecular weight is 413 g/mol. The van der Waals surface area contributed by atoms with Crippen molar-refractivity contribution in [2.75, 3.05) is 26.6 Å². The second-order valence-corrected chi connectivity index (χ2v) is 7.92. The molecular formula is C21H23N3O4S. The van der Waals surface area contributed by atoms with Gasteiger partial charge in [-0.05, 0) is 43.4 Å². The molecule has 4 rings (SSSR count). The van der Waals surface area contributed by atoms with Crippen molar-refractivity contribution in [3.05, 3.63) is 34.5 Å². The van der Waals surface area contributed by atoms with Gasteiger partial charge in [0.1, 0.15) is 17.0 Å². The number of hydrogen-bond acceptors (Lipinski definition) is 7. The predicted octanol–water partition coefficient (Wildman–Crippen LogP) is 4.24. The summed E-state index contributed by atoms with van der Waals surface area (Å²) in [6.45, 7) is 0. The highest BCUT2D eigenvalue weighted by molar-refractivity contribution is 7.19. The van der Waals surface area contributed by atoms with Crippen LogP contribution < -0.4 is 19.5 Å². The van der Waals surface area contributed by atoms with Gasteiger partial charge in [0.05, 0.1) is 26.7 Å². The fraction of sp³-hybridized carbons (Fsp3) is 0.381. The molecule has 0 fully saturated rings. The molecule has 2 aromatic heterocycles. The second-order valence-electron chi connectivity index (χ2n) is 6.84. The second kappa shape index (κ2) is 8.24. The number of aromatic nitrogens is 2. The van der Waals surface area contributed by atoms with E-state index in [2.05, 4.69) is 15.3 Å². The zero-order valence-electron chi connectivity index (χ0n) is 16.7. The molecule has 0 bridgehead atoms. The van der Waals surface area contributed by atoms with Crippen molar-refractivity contribution < 1.29 is 19.0 Å². The molecule has 8 heteroatoms. The fourth-order valence-electron chi connectivity index (χ4n) is 3.75. The quantitative estimate of drug-likeness (QED) is 0.630. The topological polar surface area (TPSA) is 82.6 Å². The molecule has 0 saturated carbocycles. The van der Waals surface area contributed by atoms with E-state index in [9.17, 15) is 4.79 Å². The van der Waals surface area contributed by atoms with E-state index in [-0.39, 0.29) is 5.91 Å². The first-order valence-corrected chi connectivity index (χ1v) is 10.3.